The number of ether oxygens (including phenoxy) is 1. The lowest BCUT2D eigenvalue weighted by molar-refractivity contribution is 0.218. The molecule has 1 saturated heterocycles. The van der Waals surface area contributed by atoms with Gasteiger partial charge in [0.25, 0.3) is 0 Å². The van der Waals surface area contributed by atoms with Crippen LogP contribution in [-0.4, -0.2) is 40.8 Å². The number of hydrogen-bond donors (Lipinski definition) is 1. The number of benzene rings is 1. The van der Waals surface area contributed by atoms with Gasteiger partial charge in [-0.05, 0) is 76.5 Å². The standard InChI is InChI=1S/C21H29N5O/c1-15-12-16(2)23-21(22-15)25-24-17(3)18-8-9-20(27-4)19(13-18)14-26-10-6-5-7-11-26/h8-9,12-13H,5-7,10-11,14H2,1-4H3,(H,22,23,25)/b24-17-. The number of piperidine rings is 1. The smallest absolute Gasteiger partial charge is 0.243 e. The zero-order chi connectivity index (χ0) is 19.2. The molecule has 6 heteroatoms. The zero-order valence-corrected chi connectivity index (χ0v) is 16.7. The lowest BCUT2D eigenvalue weighted by Crippen LogP contribution is -2.29. The molecule has 1 N–H and O–H groups in total. The van der Waals surface area contributed by atoms with Crippen molar-refractivity contribution in [3.8, 4) is 5.75 Å². The summed E-state index contributed by atoms with van der Waals surface area (Å²) in [6.07, 6.45) is 3.90. The number of hydrazone groups is 1. The van der Waals surface area contributed by atoms with Crippen LogP contribution in [0.1, 0.15) is 48.7 Å². The van der Waals surface area contributed by atoms with Crippen LogP contribution < -0.4 is 10.2 Å². The van der Waals surface area contributed by atoms with Gasteiger partial charge in [0.2, 0.25) is 5.95 Å². The highest BCUT2D eigenvalue weighted by Gasteiger charge is 2.14. The van der Waals surface area contributed by atoms with Gasteiger partial charge in [-0.3, -0.25) is 4.90 Å². The molecular weight excluding hydrogens is 338 g/mol. The summed E-state index contributed by atoms with van der Waals surface area (Å²) in [5.74, 6) is 1.46. The molecule has 0 amide bonds. The maximum atomic E-state index is 5.58. The van der Waals surface area contributed by atoms with Gasteiger partial charge in [-0.1, -0.05) is 6.42 Å². The average Bonchev–Trinajstić information content (AvgIpc) is 2.66. The summed E-state index contributed by atoms with van der Waals surface area (Å²) in [7, 11) is 1.73. The van der Waals surface area contributed by atoms with Crippen LogP contribution >= 0.6 is 0 Å². The van der Waals surface area contributed by atoms with Gasteiger partial charge in [-0.15, -0.1) is 0 Å². The summed E-state index contributed by atoms with van der Waals surface area (Å²) < 4.78 is 5.58. The zero-order valence-electron chi connectivity index (χ0n) is 16.7. The van der Waals surface area contributed by atoms with E-state index in [0.29, 0.717) is 5.95 Å². The van der Waals surface area contributed by atoms with Crippen LogP contribution in [0.4, 0.5) is 5.95 Å². The Bertz CT molecular complexity index is 792. The molecule has 1 aromatic heterocycles. The number of rotatable bonds is 6. The largest absolute Gasteiger partial charge is 0.496 e. The number of likely N-dealkylation sites (tertiary alicyclic amines) is 1. The van der Waals surface area contributed by atoms with Crippen LogP contribution in [0.2, 0.25) is 0 Å². The maximum Gasteiger partial charge on any atom is 0.243 e. The van der Waals surface area contributed by atoms with Gasteiger partial charge < -0.3 is 4.74 Å². The SMILES string of the molecule is COc1ccc(/C(C)=N\Nc2nc(C)cc(C)n2)cc1CN1CCCCC1. The van der Waals surface area contributed by atoms with Crippen molar-refractivity contribution in [1.82, 2.24) is 14.9 Å². The summed E-state index contributed by atoms with van der Waals surface area (Å²) in [5, 5.41) is 4.48. The Morgan fingerprint density at radius 2 is 1.81 bits per heavy atom. The molecule has 0 saturated carbocycles. The molecule has 1 aromatic carbocycles. The first-order valence-electron chi connectivity index (χ1n) is 9.57. The van der Waals surface area contributed by atoms with Crippen molar-refractivity contribution in [2.75, 3.05) is 25.6 Å². The highest BCUT2D eigenvalue weighted by Crippen LogP contribution is 2.23. The van der Waals surface area contributed by atoms with Crippen LogP contribution in [0.5, 0.6) is 5.75 Å². The number of nitrogens with zero attached hydrogens (tertiary/aromatic N) is 4. The number of methoxy groups -OCH3 is 1. The van der Waals surface area contributed by atoms with E-state index in [1.807, 2.05) is 39.0 Å². The molecule has 1 fully saturated rings. The summed E-state index contributed by atoms with van der Waals surface area (Å²) in [5.41, 5.74) is 7.98. The fraction of sp³-hybridized carbons (Fsp3) is 0.476. The average molecular weight is 367 g/mol. The Labute approximate surface area is 161 Å². The van der Waals surface area contributed by atoms with Crippen molar-refractivity contribution in [2.45, 2.75) is 46.6 Å². The van der Waals surface area contributed by atoms with Crippen molar-refractivity contribution in [3.05, 3.63) is 46.8 Å². The van der Waals surface area contributed by atoms with Crippen LogP contribution in [-0.2, 0) is 6.54 Å². The molecule has 1 aliphatic rings. The topological polar surface area (TPSA) is 62.6 Å². The molecule has 144 valence electrons. The molecule has 0 radical (unpaired) electrons. The minimum absolute atomic E-state index is 0.522. The van der Waals surface area contributed by atoms with Gasteiger partial charge >= 0.3 is 0 Å². The van der Waals surface area contributed by atoms with Gasteiger partial charge in [-0.25, -0.2) is 15.4 Å². The van der Waals surface area contributed by atoms with Gasteiger partial charge in [0.1, 0.15) is 5.75 Å². The van der Waals surface area contributed by atoms with E-state index in [4.69, 9.17) is 4.74 Å². The van der Waals surface area contributed by atoms with Crippen molar-refractivity contribution >= 4 is 11.7 Å². The molecule has 0 aliphatic carbocycles. The summed E-state index contributed by atoms with van der Waals surface area (Å²) in [4.78, 5) is 11.2. The van der Waals surface area contributed by atoms with E-state index < -0.39 is 0 Å². The maximum absolute atomic E-state index is 5.58. The molecule has 0 unspecified atom stereocenters. The highest BCUT2D eigenvalue weighted by atomic mass is 16.5. The molecule has 27 heavy (non-hydrogen) atoms. The number of anilines is 1. The Hall–Kier alpha value is -2.47. The van der Waals surface area contributed by atoms with E-state index in [9.17, 15) is 0 Å². The van der Waals surface area contributed by atoms with Crippen molar-refractivity contribution in [3.63, 3.8) is 0 Å². The van der Waals surface area contributed by atoms with Crippen molar-refractivity contribution in [2.24, 2.45) is 5.10 Å². The molecule has 1 aliphatic heterocycles. The molecule has 2 heterocycles. The van der Waals surface area contributed by atoms with Crippen molar-refractivity contribution < 1.29 is 4.74 Å². The third-order valence-corrected chi connectivity index (χ3v) is 4.85. The predicted molar refractivity (Wildman–Crippen MR) is 109 cm³/mol. The second-order valence-electron chi connectivity index (χ2n) is 7.15. The minimum atomic E-state index is 0.522. The molecular formula is C21H29N5O. The minimum Gasteiger partial charge on any atom is -0.496 e. The molecule has 0 bridgehead atoms. The quantitative estimate of drug-likeness (QED) is 0.619. The summed E-state index contributed by atoms with van der Waals surface area (Å²) in [6.45, 7) is 9.12. The molecule has 3 rings (SSSR count). The predicted octanol–water partition coefficient (Wildman–Crippen LogP) is 3.92. The number of aryl methyl sites for hydroxylation is 2. The van der Waals surface area contributed by atoms with E-state index in [-0.39, 0.29) is 0 Å². The first-order valence-corrected chi connectivity index (χ1v) is 9.57. The fourth-order valence-corrected chi connectivity index (χ4v) is 3.46. The Morgan fingerprint density at radius 1 is 1.11 bits per heavy atom. The molecule has 0 spiro atoms. The van der Waals surface area contributed by atoms with Crippen LogP contribution in [0, 0.1) is 13.8 Å². The Morgan fingerprint density at radius 3 is 2.48 bits per heavy atom. The van der Waals surface area contributed by atoms with E-state index in [2.05, 4.69) is 31.5 Å². The van der Waals surface area contributed by atoms with Crippen molar-refractivity contribution in [1.29, 1.82) is 0 Å². The summed E-state index contributed by atoms with van der Waals surface area (Å²) >= 11 is 0. The van der Waals surface area contributed by atoms with E-state index >= 15 is 0 Å². The Kier molecular flexibility index (Phi) is 6.40. The third kappa shape index (κ3) is 5.26. The van der Waals surface area contributed by atoms with Crippen LogP contribution in [0.15, 0.2) is 29.4 Å². The van der Waals surface area contributed by atoms with Gasteiger partial charge in [0, 0.05) is 23.5 Å². The van der Waals surface area contributed by atoms with Gasteiger partial charge in [0.05, 0.1) is 12.8 Å². The summed E-state index contributed by atoms with van der Waals surface area (Å²) in [6, 6.07) is 8.19. The van der Waals surface area contributed by atoms with E-state index in [0.717, 1.165) is 48.0 Å². The monoisotopic (exact) mass is 367 g/mol. The number of nitrogens with one attached hydrogen (secondary N) is 1. The Balaban J connectivity index is 1.77. The number of hydrogen-bond acceptors (Lipinski definition) is 6. The van der Waals surface area contributed by atoms with Gasteiger partial charge in [-0.2, -0.15) is 5.10 Å². The fourth-order valence-electron chi connectivity index (χ4n) is 3.46. The van der Waals surface area contributed by atoms with Gasteiger partial charge in [0.15, 0.2) is 0 Å². The second kappa shape index (κ2) is 8.95. The second-order valence-corrected chi connectivity index (χ2v) is 7.15. The van der Waals surface area contributed by atoms with Crippen LogP contribution in [0.3, 0.4) is 0 Å². The normalized spacial score (nSPS) is 15.6. The first kappa shape index (κ1) is 19.3. The number of aromatic nitrogens is 2. The van der Waals surface area contributed by atoms with Crippen LogP contribution in [0.25, 0.3) is 0 Å². The lowest BCUT2D eigenvalue weighted by atomic mass is 10.0. The highest BCUT2D eigenvalue weighted by molar-refractivity contribution is 5.99. The molecule has 0 atom stereocenters. The van der Waals surface area contributed by atoms with E-state index in [1.54, 1.807) is 7.11 Å². The third-order valence-electron chi connectivity index (χ3n) is 4.85. The molecule has 6 nitrogen and oxygen atoms in total. The van der Waals surface area contributed by atoms with E-state index in [1.165, 1.54) is 24.8 Å². The first-order chi connectivity index (χ1) is 13.0. The lowest BCUT2D eigenvalue weighted by Gasteiger charge is -2.27. The molecule has 2 aromatic rings.